The smallest absolute Gasteiger partial charge is 0.225 e. The van der Waals surface area contributed by atoms with E-state index in [-0.39, 0.29) is 76.3 Å². The van der Waals surface area contributed by atoms with Crippen molar-refractivity contribution < 1.29 is 42.3 Å². The molecule has 0 radical (unpaired) electrons. The first-order valence-corrected chi connectivity index (χ1v) is 24.8. The quantitative estimate of drug-likeness (QED) is 0.0203. The average Bonchev–Trinajstić information content (AvgIpc) is 3.22. The lowest BCUT2D eigenvalue weighted by Gasteiger charge is -2.34. The number of aliphatic hydroxyl groups is 3. The summed E-state index contributed by atoms with van der Waals surface area (Å²) in [6, 6.07) is 0. The summed E-state index contributed by atoms with van der Waals surface area (Å²) in [5.74, 6) is -0.438. The SMILES string of the molecule is CCCCCCCCN(CC(O)CN(CC(O)CN(CCCCCCCC)C(=O)CC(C)OS)CC(O)CN(CCCCCCCC)C(=O)CC(C)OS)C(=O)CC(C)OS. The summed E-state index contributed by atoms with van der Waals surface area (Å²) in [7, 11) is 0. The van der Waals surface area contributed by atoms with E-state index in [2.05, 4.69) is 59.5 Å². The van der Waals surface area contributed by atoms with Crippen LogP contribution in [0.15, 0.2) is 0 Å². The maximum Gasteiger partial charge on any atom is 0.225 e. The molecule has 0 saturated heterocycles. The third-order valence-corrected chi connectivity index (χ3v) is 12.1. The van der Waals surface area contributed by atoms with Gasteiger partial charge in [0, 0.05) is 58.9 Å². The van der Waals surface area contributed by atoms with E-state index < -0.39 is 36.6 Å². The van der Waals surface area contributed by atoms with Gasteiger partial charge in [0.1, 0.15) is 0 Å². The second-order valence-corrected chi connectivity index (χ2v) is 18.0. The highest BCUT2D eigenvalue weighted by Crippen LogP contribution is 2.15. The largest absolute Gasteiger partial charge is 0.390 e. The van der Waals surface area contributed by atoms with Gasteiger partial charge >= 0.3 is 0 Å². The molecule has 362 valence electrons. The lowest BCUT2D eigenvalue weighted by Crippen LogP contribution is -2.51. The van der Waals surface area contributed by atoms with Crippen LogP contribution in [0.3, 0.4) is 0 Å². The minimum absolute atomic E-state index is 0.0405. The molecule has 0 bridgehead atoms. The van der Waals surface area contributed by atoms with Crippen molar-refractivity contribution in [1.82, 2.24) is 19.6 Å². The maximum atomic E-state index is 13.4. The predicted octanol–water partition coefficient (Wildman–Crippen LogP) is 7.86. The van der Waals surface area contributed by atoms with Crippen LogP contribution in [-0.2, 0) is 26.9 Å². The Balaban J connectivity index is 6.30. The van der Waals surface area contributed by atoms with Gasteiger partial charge in [0.25, 0.3) is 0 Å². The molecule has 6 unspecified atom stereocenters. The van der Waals surface area contributed by atoms with Crippen LogP contribution in [0.5, 0.6) is 0 Å². The molecular formula is C45H90N4O9S3. The van der Waals surface area contributed by atoms with Crippen molar-refractivity contribution in [1.29, 1.82) is 0 Å². The van der Waals surface area contributed by atoms with Crippen LogP contribution >= 0.6 is 38.7 Å². The van der Waals surface area contributed by atoms with E-state index in [0.717, 1.165) is 96.3 Å². The summed E-state index contributed by atoms with van der Waals surface area (Å²) in [6.45, 7) is 13.6. The highest BCUT2D eigenvalue weighted by Gasteiger charge is 2.27. The van der Waals surface area contributed by atoms with Gasteiger partial charge in [0.15, 0.2) is 0 Å². The zero-order valence-corrected chi connectivity index (χ0v) is 41.8. The summed E-state index contributed by atoms with van der Waals surface area (Å²) in [5.41, 5.74) is 0. The molecule has 0 aromatic heterocycles. The summed E-state index contributed by atoms with van der Waals surface area (Å²) in [6.07, 6.45) is 15.1. The maximum absolute atomic E-state index is 13.4. The fraction of sp³-hybridized carbons (Fsp3) is 0.933. The summed E-state index contributed by atoms with van der Waals surface area (Å²) < 4.78 is 15.3. The van der Waals surface area contributed by atoms with Crippen LogP contribution in [0, 0.1) is 0 Å². The first-order chi connectivity index (χ1) is 29.2. The molecule has 0 heterocycles. The van der Waals surface area contributed by atoms with Crippen LogP contribution in [0.25, 0.3) is 0 Å². The van der Waals surface area contributed by atoms with E-state index in [0.29, 0.717) is 19.6 Å². The van der Waals surface area contributed by atoms with Crippen molar-refractivity contribution in [3.63, 3.8) is 0 Å². The molecular weight excluding hydrogens is 837 g/mol. The van der Waals surface area contributed by atoms with Crippen LogP contribution in [0.2, 0.25) is 0 Å². The fourth-order valence-electron chi connectivity index (χ4n) is 7.49. The predicted molar refractivity (Wildman–Crippen MR) is 257 cm³/mol. The Bertz CT molecular complexity index is 960. The number of hydrogen-bond donors (Lipinski definition) is 6. The number of carbonyl (C=O) groups is 3. The number of carbonyl (C=O) groups excluding carboxylic acids is 3. The second-order valence-electron chi connectivity index (χ2n) is 17.4. The summed E-state index contributed by atoms with van der Waals surface area (Å²) in [4.78, 5) is 47.2. The molecule has 13 nitrogen and oxygen atoms in total. The van der Waals surface area contributed by atoms with Crippen molar-refractivity contribution in [2.24, 2.45) is 0 Å². The minimum atomic E-state index is -1.01. The third-order valence-electron chi connectivity index (χ3n) is 11.0. The van der Waals surface area contributed by atoms with Crippen molar-refractivity contribution in [2.75, 3.05) is 58.9 Å². The van der Waals surface area contributed by atoms with Gasteiger partial charge < -0.3 is 42.6 Å². The molecule has 0 saturated carbocycles. The number of nitrogens with zero attached hydrogens (tertiary/aromatic N) is 4. The second kappa shape index (κ2) is 39.5. The van der Waals surface area contributed by atoms with E-state index in [1.807, 2.05) is 0 Å². The normalized spacial score (nSPS) is 14.7. The summed E-state index contributed by atoms with van der Waals surface area (Å²) in [5, 5.41) is 34.8. The van der Waals surface area contributed by atoms with Crippen molar-refractivity contribution in [3.8, 4) is 0 Å². The number of thiol groups is 3. The summed E-state index contributed by atoms with van der Waals surface area (Å²) >= 11 is 11.7. The lowest BCUT2D eigenvalue weighted by molar-refractivity contribution is -0.134. The van der Waals surface area contributed by atoms with Gasteiger partial charge in [-0.25, -0.2) is 0 Å². The van der Waals surface area contributed by atoms with E-state index in [1.54, 1.807) is 40.4 Å². The Morgan fingerprint density at radius 3 is 0.869 bits per heavy atom. The zero-order chi connectivity index (χ0) is 45.8. The molecule has 0 rings (SSSR count). The molecule has 0 aliphatic heterocycles. The van der Waals surface area contributed by atoms with Gasteiger partial charge in [-0.1, -0.05) is 117 Å². The monoisotopic (exact) mass is 927 g/mol. The van der Waals surface area contributed by atoms with Gasteiger partial charge in [-0.05, 0) is 78.8 Å². The van der Waals surface area contributed by atoms with Gasteiger partial charge in [0.2, 0.25) is 17.7 Å². The van der Waals surface area contributed by atoms with Crippen molar-refractivity contribution in [3.05, 3.63) is 0 Å². The molecule has 0 aromatic rings. The van der Waals surface area contributed by atoms with E-state index >= 15 is 0 Å². The van der Waals surface area contributed by atoms with Crippen molar-refractivity contribution in [2.45, 2.75) is 213 Å². The van der Waals surface area contributed by atoms with Crippen LogP contribution in [0.4, 0.5) is 0 Å². The Morgan fingerprint density at radius 2 is 0.639 bits per heavy atom. The van der Waals surface area contributed by atoms with Crippen molar-refractivity contribution >= 4 is 56.5 Å². The lowest BCUT2D eigenvalue weighted by atomic mass is 10.1. The Kier molecular flexibility index (Phi) is 39.0. The number of aliphatic hydroxyl groups excluding tert-OH is 3. The first-order valence-electron chi connectivity index (χ1n) is 23.7. The number of rotatable bonds is 42. The number of unbranched alkanes of at least 4 members (excludes halogenated alkanes) is 15. The number of hydrogen-bond acceptors (Lipinski definition) is 13. The van der Waals surface area contributed by atoms with Crippen LogP contribution < -0.4 is 0 Å². The molecule has 3 amide bonds. The van der Waals surface area contributed by atoms with Crippen LogP contribution in [0.1, 0.15) is 176 Å². The van der Waals surface area contributed by atoms with E-state index in [4.69, 9.17) is 12.5 Å². The van der Waals surface area contributed by atoms with Gasteiger partial charge in [-0.3, -0.25) is 19.3 Å². The first kappa shape index (κ1) is 60.2. The van der Waals surface area contributed by atoms with Crippen LogP contribution in [-0.4, -0.2) is 148 Å². The molecule has 3 N–H and O–H groups in total. The Labute approximate surface area is 388 Å². The minimum Gasteiger partial charge on any atom is -0.390 e. The third kappa shape index (κ3) is 32.5. The van der Waals surface area contributed by atoms with Gasteiger partial charge in [-0.2, -0.15) is 0 Å². The highest BCUT2D eigenvalue weighted by atomic mass is 32.1. The molecule has 0 aromatic carbocycles. The zero-order valence-electron chi connectivity index (χ0n) is 39.1. The highest BCUT2D eigenvalue weighted by molar-refractivity contribution is 7.75. The fourth-order valence-corrected chi connectivity index (χ4v) is 7.72. The number of amides is 3. The molecule has 61 heavy (non-hydrogen) atoms. The average molecular weight is 927 g/mol. The Hall–Kier alpha value is -0.820. The molecule has 0 fully saturated rings. The Morgan fingerprint density at radius 1 is 0.410 bits per heavy atom. The molecule has 0 spiro atoms. The van der Waals surface area contributed by atoms with Gasteiger partial charge in [-0.15, -0.1) is 0 Å². The molecule has 0 aliphatic rings. The van der Waals surface area contributed by atoms with E-state index in [9.17, 15) is 29.7 Å². The standard InChI is InChI=1S/C45H90N4O9S3/c1-7-10-13-16-19-22-25-47(43(53)28-37(4)56-59)34-40(50)31-46(32-41(51)35-48(44(54)29-38(5)57-60)26-23-20-17-14-11-8-2)33-42(52)36-49(45(55)30-39(6)58-61)27-24-21-18-15-12-9-3/h37-42,50-52,59-61H,7-36H2,1-6H3. The van der Waals surface area contributed by atoms with E-state index in [1.165, 1.54) is 19.3 Å². The van der Waals surface area contributed by atoms with Gasteiger partial charge in [0.05, 0.1) is 55.9 Å². The molecule has 0 aliphatic carbocycles. The molecule has 6 atom stereocenters. The topological polar surface area (TPSA) is 153 Å². The molecule has 16 heteroatoms.